The molecule has 1 aliphatic carbocycles. The SMILES string of the molecule is O=C(O)c1[nH]cnc1C(=O)N(CCO)C1CCC1. The van der Waals surface area contributed by atoms with Gasteiger partial charge in [0.05, 0.1) is 12.9 Å². The Labute approximate surface area is 103 Å². The van der Waals surface area contributed by atoms with E-state index in [0.717, 1.165) is 19.3 Å². The number of nitrogens with zero attached hydrogens (tertiary/aromatic N) is 2. The lowest BCUT2D eigenvalue weighted by atomic mass is 9.91. The van der Waals surface area contributed by atoms with Gasteiger partial charge in [-0.2, -0.15) is 0 Å². The number of rotatable bonds is 5. The van der Waals surface area contributed by atoms with Gasteiger partial charge in [0.25, 0.3) is 5.91 Å². The largest absolute Gasteiger partial charge is 0.477 e. The monoisotopic (exact) mass is 253 g/mol. The van der Waals surface area contributed by atoms with Gasteiger partial charge < -0.3 is 20.1 Å². The highest BCUT2D eigenvalue weighted by atomic mass is 16.4. The third-order valence-corrected chi connectivity index (χ3v) is 3.17. The lowest BCUT2D eigenvalue weighted by Crippen LogP contribution is -2.46. The minimum absolute atomic E-state index is 0.0861. The second-order valence-corrected chi connectivity index (χ2v) is 4.24. The van der Waals surface area contributed by atoms with E-state index in [1.807, 2.05) is 0 Å². The summed E-state index contributed by atoms with van der Waals surface area (Å²) in [5.74, 6) is -1.65. The molecule has 3 N–H and O–H groups in total. The smallest absolute Gasteiger partial charge is 0.354 e. The number of hydrogen-bond acceptors (Lipinski definition) is 4. The fourth-order valence-electron chi connectivity index (χ4n) is 2.01. The van der Waals surface area contributed by atoms with E-state index in [9.17, 15) is 9.59 Å². The third-order valence-electron chi connectivity index (χ3n) is 3.17. The van der Waals surface area contributed by atoms with Crippen LogP contribution in [0.2, 0.25) is 0 Å². The molecule has 1 aromatic heterocycles. The van der Waals surface area contributed by atoms with Crippen LogP contribution in [0.3, 0.4) is 0 Å². The van der Waals surface area contributed by atoms with Gasteiger partial charge in [-0.15, -0.1) is 0 Å². The van der Waals surface area contributed by atoms with Gasteiger partial charge in [0.15, 0.2) is 11.4 Å². The lowest BCUT2D eigenvalue weighted by molar-refractivity contribution is 0.0510. The van der Waals surface area contributed by atoms with E-state index in [-0.39, 0.29) is 30.6 Å². The number of aliphatic hydroxyl groups excluding tert-OH is 1. The summed E-state index contributed by atoms with van der Waals surface area (Å²) < 4.78 is 0. The van der Waals surface area contributed by atoms with E-state index in [2.05, 4.69) is 9.97 Å². The lowest BCUT2D eigenvalue weighted by Gasteiger charge is -2.36. The molecule has 7 nitrogen and oxygen atoms in total. The fourth-order valence-corrected chi connectivity index (χ4v) is 2.01. The number of carbonyl (C=O) groups is 2. The Balaban J connectivity index is 2.21. The molecule has 0 unspecified atom stereocenters. The highest BCUT2D eigenvalue weighted by Crippen LogP contribution is 2.26. The van der Waals surface area contributed by atoms with Crippen LogP contribution < -0.4 is 0 Å². The van der Waals surface area contributed by atoms with E-state index >= 15 is 0 Å². The van der Waals surface area contributed by atoms with Gasteiger partial charge in [-0.25, -0.2) is 9.78 Å². The molecular formula is C11H15N3O4. The maximum Gasteiger partial charge on any atom is 0.354 e. The van der Waals surface area contributed by atoms with Crippen molar-refractivity contribution < 1.29 is 19.8 Å². The number of amides is 1. The van der Waals surface area contributed by atoms with Gasteiger partial charge in [0, 0.05) is 12.6 Å². The number of carboxylic acids is 1. The minimum Gasteiger partial charge on any atom is -0.477 e. The van der Waals surface area contributed by atoms with Crippen LogP contribution in [0.15, 0.2) is 6.33 Å². The summed E-state index contributed by atoms with van der Waals surface area (Å²) in [5, 5.41) is 17.9. The zero-order valence-electron chi connectivity index (χ0n) is 9.80. The minimum atomic E-state index is -1.21. The number of H-pyrrole nitrogens is 1. The molecule has 0 radical (unpaired) electrons. The van der Waals surface area contributed by atoms with Crippen molar-refractivity contribution in [1.82, 2.24) is 14.9 Å². The molecule has 0 saturated heterocycles. The molecule has 1 saturated carbocycles. The van der Waals surface area contributed by atoms with Gasteiger partial charge in [0.1, 0.15) is 0 Å². The van der Waals surface area contributed by atoms with Crippen molar-refractivity contribution in [3.05, 3.63) is 17.7 Å². The van der Waals surface area contributed by atoms with Gasteiger partial charge in [-0.05, 0) is 19.3 Å². The third kappa shape index (κ3) is 2.21. The highest BCUT2D eigenvalue weighted by Gasteiger charge is 2.32. The van der Waals surface area contributed by atoms with Gasteiger partial charge in [-0.3, -0.25) is 4.79 Å². The second kappa shape index (κ2) is 5.18. The average Bonchev–Trinajstić information content (AvgIpc) is 2.74. The van der Waals surface area contributed by atoms with Crippen LogP contribution in [-0.4, -0.2) is 56.2 Å². The first-order valence-corrected chi connectivity index (χ1v) is 5.83. The van der Waals surface area contributed by atoms with Gasteiger partial charge in [-0.1, -0.05) is 0 Å². The summed E-state index contributed by atoms with van der Waals surface area (Å²) in [6, 6.07) is 0.0861. The summed E-state index contributed by atoms with van der Waals surface area (Å²) >= 11 is 0. The molecule has 0 aliphatic heterocycles. The maximum atomic E-state index is 12.2. The molecule has 0 spiro atoms. The quantitative estimate of drug-likeness (QED) is 0.689. The molecule has 1 heterocycles. The number of aliphatic hydroxyl groups is 1. The van der Waals surface area contributed by atoms with E-state index in [1.54, 1.807) is 0 Å². The molecule has 7 heteroatoms. The molecule has 98 valence electrons. The average molecular weight is 253 g/mol. The summed E-state index contributed by atoms with van der Waals surface area (Å²) in [4.78, 5) is 30.9. The zero-order valence-corrected chi connectivity index (χ0v) is 9.80. The summed E-state index contributed by atoms with van der Waals surface area (Å²) in [6.45, 7) is 0.0600. The maximum absolute atomic E-state index is 12.2. The number of aromatic amines is 1. The Morgan fingerprint density at radius 2 is 2.22 bits per heavy atom. The zero-order chi connectivity index (χ0) is 13.1. The van der Waals surface area contributed by atoms with Crippen molar-refractivity contribution in [2.75, 3.05) is 13.2 Å². The summed E-state index contributed by atoms with van der Waals surface area (Å²) in [7, 11) is 0. The van der Waals surface area contributed by atoms with Crippen LogP contribution in [0.25, 0.3) is 0 Å². The molecule has 1 aliphatic rings. The summed E-state index contributed by atoms with van der Waals surface area (Å²) in [6.07, 6.45) is 4.01. The van der Waals surface area contributed by atoms with Crippen LogP contribution in [0.4, 0.5) is 0 Å². The molecule has 18 heavy (non-hydrogen) atoms. The van der Waals surface area contributed by atoms with Crippen LogP contribution >= 0.6 is 0 Å². The van der Waals surface area contributed by atoms with Crippen molar-refractivity contribution in [1.29, 1.82) is 0 Å². The van der Waals surface area contributed by atoms with Gasteiger partial charge >= 0.3 is 5.97 Å². The van der Waals surface area contributed by atoms with Crippen molar-refractivity contribution >= 4 is 11.9 Å². The van der Waals surface area contributed by atoms with Crippen LogP contribution in [-0.2, 0) is 0 Å². The standard InChI is InChI=1S/C11H15N3O4/c15-5-4-14(7-2-1-3-7)10(16)8-9(11(17)18)13-6-12-8/h6-7,15H,1-5H2,(H,12,13)(H,17,18). The first kappa shape index (κ1) is 12.6. The Morgan fingerprint density at radius 1 is 1.50 bits per heavy atom. The molecular weight excluding hydrogens is 238 g/mol. The molecule has 1 amide bonds. The molecule has 0 aromatic carbocycles. The van der Waals surface area contributed by atoms with Crippen LogP contribution in [0, 0.1) is 0 Å². The number of carbonyl (C=O) groups excluding carboxylic acids is 1. The van der Waals surface area contributed by atoms with Crippen molar-refractivity contribution in [3.8, 4) is 0 Å². The number of hydrogen-bond donors (Lipinski definition) is 3. The number of aromatic carboxylic acids is 1. The second-order valence-electron chi connectivity index (χ2n) is 4.24. The van der Waals surface area contributed by atoms with Crippen molar-refractivity contribution in [2.24, 2.45) is 0 Å². The molecule has 0 atom stereocenters. The van der Waals surface area contributed by atoms with E-state index in [0.29, 0.717) is 0 Å². The Kier molecular flexibility index (Phi) is 3.61. The molecule has 1 fully saturated rings. The van der Waals surface area contributed by atoms with Gasteiger partial charge in [0.2, 0.25) is 0 Å². The topological polar surface area (TPSA) is 107 Å². The molecule has 1 aromatic rings. The first-order chi connectivity index (χ1) is 8.65. The number of aromatic nitrogens is 2. The van der Waals surface area contributed by atoms with Crippen molar-refractivity contribution in [2.45, 2.75) is 25.3 Å². The number of nitrogens with one attached hydrogen (secondary N) is 1. The Morgan fingerprint density at radius 3 is 2.72 bits per heavy atom. The van der Waals surface area contributed by atoms with Crippen LogP contribution in [0.5, 0.6) is 0 Å². The predicted molar refractivity (Wildman–Crippen MR) is 61.3 cm³/mol. The molecule has 0 bridgehead atoms. The van der Waals surface area contributed by atoms with Crippen molar-refractivity contribution in [3.63, 3.8) is 0 Å². The fraction of sp³-hybridized carbons (Fsp3) is 0.545. The van der Waals surface area contributed by atoms with Crippen LogP contribution in [0.1, 0.15) is 40.2 Å². The Bertz CT molecular complexity index is 453. The first-order valence-electron chi connectivity index (χ1n) is 5.83. The normalized spacial score (nSPS) is 15.2. The van der Waals surface area contributed by atoms with E-state index < -0.39 is 11.9 Å². The highest BCUT2D eigenvalue weighted by molar-refractivity contribution is 6.02. The van der Waals surface area contributed by atoms with E-state index in [1.165, 1.54) is 11.2 Å². The Hall–Kier alpha value is -1.89. The molecule has 2 rings (SSSR count). The summed E-state index contributed by atoms with van der Waals surface area (Å²) in [5.41, 5.74) is -0.301. The van der Waals surface area contributed by atoms with E-state index in [4.69, 9.17) is 10.2 Å². The number of imidazole rings is 1. The predicted octanol–water partition coefficient (Wildman–Crippen LogP) is 0.0949. The number of carboxylic acid groups (broad SMARTS) is 1.